The lowest BCUT2D eigenvalue weighted by molar-refractivity contribution is -0.119. The van der Waals surface area contributed by atoms with Crippen LogP contribution in [0.2, 0.25) is 0 Å². The number of carbonyl (C=O) groups is 1. The third kappa shape index (κ3) is 8.54. The van der Waals surface area contributed by atoms with E-state index in [1.807, 2.05) is 0 Å². The molecule has 3 N–H and O–H groups in total. The van der Waals surface area contributed by atoms with Crippen molar-refractivity contribution < 1.29 is 9.53 Å². The molecule has 0 radical (unpaired) electrons. The Balaban J connectivity index is 0.00000312. The SMILES string of the molecule is CCNC(=NCCCN1CCOCC1)N1CCCC(CC(N)=O)C1.I. The number of aliphatic imine (C=N–C) groups is 1. The minimum atomic E-state index is -0.200. The maximum absolute atomic E-state index is 11.2. The number of hydrogen-bond donors (Lipinski definition) is 2. The van der Waals surface area contributed by atoms with Gasteiger partial charge in [-0.05, 0) is 32.1 Å². The molecule has 1 atom stereocenters. The van der Waals surface area contributed by atoms with E-state index < -0.39 is 0 Å². The predicted molar refractivity (Wildman–Crippen MR) is 111 cm³/mol. The highest BCUT2D eigenvalue weighted by Crippen LogP contribution is 2.19. The van der Waals surface area contributed by atoms with E-state index in [0.29, 0.717) is 12.3 Å². The topological polar surface area (TPSA) is 83.2 Å². The van der Waals surface area contributed by atoms with E-state index in [-0.39, 0.29) is 29.9 Å². The van der Waals surface area contributed by atoms with E-state index in [0.717, 1.165) is 84.2 Å². The maximum Gasteiger partial charge on any atom is 0.217 e. The second-order valence-electron chi connectivity index (χ2n) is 6.67. The number of primary amides is 1. The van der Waals surface area contributed by atoms with Crippen molar-refractivity contribution in [1.82, 2.24) is 15.1 Å². The number of rotatable bonds is 7. The lowest BCUT2D eigenvalue weighted by Crippen LogP contribution is -2.47. The second-order valence-corrected chi connectivity index (χ2v) is 6.67. The molecule has 25 heavy (non-hydrogen) atoms. The molecule has 1 amide bonds. The third-order valence-corrected chi connectivity index (χ3v) is 4.64. The van der Waals surface area contributed by atoms with Crippen LogP contribution in [-0.4, -0.2) is 80.7 Å². The molecule has 0 aromatic rings. The molecule has 0 bridgehead atoms. The molecule has 0 aromatic heterocycles. The first-order chi connectivity index (χ1) is 11.7. The van der Waals surface area contributed by atoms with Crippen LogP contribution in [0, 0.1) is 5.92 Å². The average Bonchev–Trinajstić information content (AvgIpc) is 2.58. The van der Waals surface area contributed by atoms with Gasteiger partial charge in [0.05, 0.1) is 13.2 Å². The number of nitrogens with zero attached hydrogens (tertiary/aromatic N) is 3. The molecule has 0 aromatic carbocycles. The number of guanidine groups is 1. The number of ether oxygens (including phenoxy) is 1. The van der Waals surface area contributed by atoms with Gasteiger partial charge in [0.25, 0.3) is 0 Å². The molecule has 0 aliphatic carbocycles. The fourth-order valence-electron chi connectivity index (χ4n) is 3.44. The average molecular weight is 467 g/mol. The summed E-state index contributed by atoms with van der Waals surface area (Å²) in [5.41, 5.74) is 5.36. The first-order valence-corrected chi connectivity index (χ1v) is 9.30. The zero-order valence-electron chi connectivity index (χ0n) is 15.4. The van der Waals surface area contributed by atoms with Crippen LogP contribution in [0.4, 0.5) is 0 Å². The molecule has 2 heterocycles. The minimum Gasteiger partial charge on any atom is -0.379 e. The van der Waals surface area contributed by atoms with Crippen molar-refractivity contribution in [3.05, 3.63) is 0 Å². The van der Waals surface area contributed by atoms with Gasteiger partial charge >= 0.3 is 0 Å². The summed E-state index contributed by atoms with van der Waals surface area (Å²) >= 11 is 0. The summed E-state index contributed by atoms with van der Waals surface area (Å²) in [5, 5.41) is 3.39. The molecular formula is C17H34IN5O2. The predicted octanol–water partition coefficient (Wildman–Crippen LogP) is 0.880. The van der Waals surface area contributed by atoms with E-state index in [9.17, 15) is 4.79 Å². The van der Waals surface area contributed by atoms with E-state index in [4.69, 9.17) is 15.5 Å². The van der Waals surface area contributed by atoms with Crippen molar-refractivity contribution in [2.45, 2.75) is 32.6 Å². The van der Waals surface area contributed by atoms with Gasteiger partial charge in [-0.25, -0.2) is 0 Å². The highest BCUT2D eigenvalue weighted by atomic mass is 127. The van der Waals surface area contributed by atoms with E-state index in [1.54, 1.807) is 0 Å². The number of halogens is 1. The minimum absolute atomic E-state index is 0. The van der Waals surface area contributed by atoms with Gasteiger partial charge in [0, 0.05) is 52.2 Å². The third-order valence-electron chi connectivity index (χ3n) is 4.64. The summed E-state index contributed by atoms with van der Waals surface area (Å²) < 4.78 is 5.37. The van der Waals surface area contributed by atoms with Gasteiger partial charge in [-0.3, -0.25) is 14.7 Å². The lowest BCUT2D eigenvalue weighted by Gasteiger charge is -2.34. The number of amides is 1. The largest absolute Gasteiger partial charge is 0.379 e. The zero-order chi connectivity index (χ0) is 17.2. The van der Waals surface area contributed by atoms with Gasteiger partial charge in [-0.1, -0.05) is 0 Å². The summed E-state index contributed by atoms with van der Waals surface area (Å²) in [7, 11) is 0. The normalized spacial score (nSPS) is 22.4. The summed E-state index contributed by atoms with van der Waals surface area (Å²) in [6.07, 6.45) is 3.71. The molecule has 2 saturated heterocycles. The first kappa shape index (κ1) is 22.4. The summed E-state index contributed by atoms with van der Waals surface area (Å²) in [6, 6.07) is 0. The van der Waals surface area contributed by atoms with E-state index in [1.165, 1.54) is 0 Å². The fourth-order valence-corrected chi connectivity index (χ4v) is 3.44. The summed E-state index contributed by atoms with van der Waals surface area (Å²) in [6.45, 7) is 10.5. The van der Waals surface area contributed by atoms with E-state index >= 15 is 0 Å². The van der Waals surface area contributed by atoms with Crippen LogP contribution in [0.25, 0.3) is 0 Å². The van der Waals surface area contributed by atoms with Crippen molar-refractivity contribution in [3.63, 3.8) is 0 Å². The number of nitrogens with one attached hydrogen (secondary N) is 1. The number of nitrogens with two attached hydrogens (primary N) is 1. The fraction of sp³-hybridized carbons (Fsp3) is 0.882. The van der Waals surface area contributed by atoms with Gasteiger partial charge < -0.3 is 20.7 Å². The van der Waals surface area contributed by atoms with Crippen LogP contribution in [0.1, 0.15) is 32.6 Å². The summed E-state index contributed by atoms with van der Waals surface area (Å²) in [5.74, 6) is 1.14. The Morgan fingerprint density at radius 1 is 1.32 bits per heavy atom. The van der Waals surface area contributed by atoms with Crippen molar-refractivity contribution in [1.29, 1.82) is 0 Å². The zero-order valence-corrected chi connectivity index (χ0v) is 17.7. The van der Waals surface area contributed by atoms with E-state index in [2.05, 4.69) is 22.0 Å². The Morgan fingerprint density at radius 2 is 2.08 bits per heavy atom. The highest BCUT2D eigenvalue weighted by Gasteiger charge is 2.23. The standard InChI is InChI=1S/C17H33N5O2.HI/c1-2-19-17(20-6-4-7-21-9-11-24-12-10-21)22-8-3-5-15(14-22)13-16(18)23;/h15H,2-14H2,1H3,(H2,18,23)(H,19,20);1H. The van der Waals surface area contributed by atoms with Gasteiger partial charge in [-0.15, -0.1) is 24.0 Å². The molecule has 0 saturated carbocycles. The van der Waals surface area contributed by atoms with Gasteiger partial charge in [0.1, 0.15) is 0 Å². The number of morpholine rings is 1. The molecule has 0 spiro atoms. The lowest BCUT2D eigenvalue weighted by atomic mass is 9.95. The Bertz CT molecular complexity index is 416. The van der Waals surface area contributed by atoms with Crippen molar-refractivity contribution in [2.24, 2.45) is 16.6 Å². The Hall–Kier alpha value is -0.610. The number of hydrogen-bond acceptors (Lipinski definition) is 4. The van der Waals surface area contributed by atoms with Crippen molar-refractivity contribution >= 4 is 35.8 Å². The van der Waals surface area contributed by atoms with Crippen molar-refractivity contribution in [2.75, 3.05) is 59.0 Å². The van der Waals surface area contributed by atoms with Crippen LogP contribution >= 0.6 is 24.0 Å². The number of piperidine rings is 1. The molecule has 2 aliphatic heterocycles. The van der Waals surface area contributed by atoms with Crippen molar-refractivity contribution in [3.8, 4) is 0 Å². The molecular weight excluding hydrogens is 433 g/mol. The van der Waals surface area contributed by atoms with Crippen LogP contribution < -0.4 is 11.1 Å². The molecule has 2 fully saturated rings. The molecule has 7 nitrogen and oxygen atoms in total. The smallest absolute Gasteiger partial charge is 0.217 e. The van der Waals surface area contributed by atoms with Crippen LogP contribution in [0.3, 0.4) is 0 Å². The van der Waals surface area contributed by atoms with Gasteiger partial charge in [-0.2, -0.15) is 0 Å². The molecule has 2 rings (SSSR count). The monoisotopic (exact) mass is 467 g/mol. The van der Waals surface area contributed by atoms with Crippen LogP contribution in [0.15, 0.2) is 4.99 Å². The van der Waals surface area contributed by atoms with Gasteiger partial charge in [0.15, 0.2) is 5.96 Å². The quantitative estimate of drug-likeness (QED) is 0.252. The molecule has 2 aliphatic rings. The molecule has 146 valence electrons. The number of carbonyl (C=O) groups excluding carboxylic acids is 1. The molecule has 1 unspecified atom stereocenters. The Morgan fingerprint density at radius 3 is 2.76 bits per heavy atom. The Kier molecular flexibility index (Phi) is 11.4. The van der Waals surface area contributed by atoms with Crippen LogP contribution in [-0.2, 0) is 9.53 Å². The van der Waals surface area contributed by atoms with Gasteiger partial charge in [0.2, 0.25) is 5.91 Å². The summed E-state index contributed by atoms with van der Waals surface area (Å²) in [4.78, 5) is 20.7. The van der Waals surface area contributed by atoms with Crippen LogP contribution in [0.5, 0.6) is 0 Å². The maximum atomic E-state index is 11.2. The molecule has 8 heteroatoms. The first-order valence-electron chi connectivity index (χ1n) is 9.30. The second kappa shape index (κ2) is 12.7. The number of likely N-dealkylation sites (tertiary alicyclic amines) is 1. The highest BCUT2D eigenvalue weighted by molar-refractivity contribution is 14.0. The Labute approximate surface area is 168 Å².